The third-order valence-corrected chi connectivity index (χ3v) is 2.92. The molecule has 0 radical (unpaired) electrons. The molecule has 0 aromatic heterocycles. The van der Waals surface area contributed by atoms with Crippen LogP contribution in [0.3, 0.4) is 0 Å². The van der Waals surface area contributed by atoms with Crippen molar-refractivity contribution in [3.05, 3.63) is 23.3 Å². The van der Waals surface area contributed by atoms with Crippen molar-refractivity contribution in [2.75, 3.05) is 14.2 Å². The Morgan fingerprint density at radius 2 is 1.93 bits per heavy atom. The van der Waals surface area contributed by atoms with E-state index in [-0.39, 0.29) is 6.04 Å². The highest BCUT2D eigenvalue weighted by molar-refractivity contribution is 5.50. The average Bonchev–Trinajstić information content (AvgIpc) is 2.68. The molecule has 1 aliphatic carbocycles. The lowest BCUT2D eigenvalue weighted by Gasteiger charge is -2.13. The number of fused-ring (bicyclic) bond motifs is 1. The van der Waals surface area contributed by atoms with Crippen LogP contribution in [0.5, 0.6) is 11.5 Å². The molecule has 0 fully saturated rings. The van der Waals surface area contributed by atoms with Gasteiger partial charge in [0.15, 0.2) is 11.5 Å². The molecule has 1 aromatic carbocycles. The van der Waals surface area contributed by atoms with E-state index in [0.29, 0.717) is 0 Å². The summed E-state index contributed by atoms with van der Waals surface area (Å²) in [7, 11) is 3.29. The number of hydrogen-bond acceptors (Lipinski definition) is 4. The molecular weight excluding hydrogens is 192 g/mol. The summed E-state index contributed by atoms with van der Waals surface area (Å²) in [4.78, 5) is 0. The zero-order valence-corrected chi connectivity index (χ0v) is 9.04. The van der Waals surface area contributed by atoms with Crippen molar-refractivity contribution in [1.82, 2.24) is 5.43 Å². The van der Waals surface area contributed by atoms with Gasteiger partial charge in [0.25, 0.3) is 0 Å². The van der Waals surface area contributed by atoms with Crippen LogP contribution < -0.4 is 20.7 Å². The maximum Gasteiger partial charge on any atom is 0.161 e. The van der Waals surface area contributed by atoms with E-state index in [4.69, 9.17) is 15.3 Å². The number of aryl methyl sites for hydroxylation is 1. The minimum atomic E-state index is 0.236. The Hall–Kier alpha value is -1.26. The van der Waals surface area contributed by atoms with Gasteiger partial charge in [0.2, 0.25) is 0 Å². The number of hydrogen-bond donors (Lipinski definition) is 2. The number of benzene rings is 1. The van der Waals surface area contributed by atoms with E-state index >= 15 is 0 Å². The first-order valence-electron chi connectivity index (χ1n) is 5.01. The van der Waals surface area contributed by atoms with Gasteiger partial charge in [-0.3, -0.25) is 11.3 Å². The fourth-order valence-electron chi connectivity index (χ4n) is 2.11. The summed E-state index contributed by atoms with van der Waals surface area (Å²) >= 11 is 0. The number of rotatable bonds is 3. The van der Waals surface area contributed by atoms with Gasteiger partial charge in [-0.1, -0.05) is 0 Å². The summed E-state index contributed by atoms with van der Waals surface area (Å²) in [6.45, 7) is 0. The maximum absolute atomic E-state index is 5.49. The first-order valence-corrected chi connectivity index (χ1v) is 5.01. The summed E-state index contributed by atoms with van der Waals surface area (Å²) in [5.41, 5.74) is 5.32. The molecule has 0 saturated carbocycles. The first kappa shape index (κ1) is 10.3. The van der Waals surface area contributed by atoms with E-state index in [1.807, 2.05) is 12.1 Å². The van der Waals surface area contributed by atoms with E-state index in [0.717, 1.165) is 24.3 Å². The molecule has 82 valence electrons. The van der Waals surface area contributed by atoms with Crippen LogP contribution in [0.2, 0.25) is 0 Å². The lowest BCUT2D eigenvalue weighted by Crippen LogP contribution is -2.26. The second-order valence-electron chi connectivity index (χ2n) is 3.66. The van der Waals surface area contributed by atoms with Crippen LogP contribution in [0.15, 0.2) is 12.1 Å². The Morgan fingerprint density at radius 3 is 2.53 bits per heavy atom. The smallest absolute Gasteiger partial charge is 0.161 e. The van der Waals surface area contributed by atoms with Crippen LogP contribution in [0.4, 0.5) is 0 Å². The molecule has 4 nitrogen and oxygen atoms in total. The number of nitrogens with one attached hydrogen (secondary N) is 1. The third kappa shape index (κ3) is 1.66. The molecule has 0 unspecified atom stereocenters. The van der Waals surface area contributed by atoms with E-state index in [2.05, 4.69) is 5.43 Å². The fraction of sp³-hybridized carbons (Fsp3) is 0.455. The van der Waals surface area contributed by atoms with Gasteiger partial charge in [-0.2, -0.15) is 0 Å². The summed E-state index contributed by atoms with van der Waals surface area (Å²) in [6.07, 6.45) is 2.06. The van der Waals surface area contributed by atoms with Crippen molar-refractivity contribution in [2.45, 2.75) is 18.9 Å². The molecule has 1 aliphatic rings. The second-order valence-corrected chi connectivity index (χ2v) is 3.66. The normalized spacial score (nSPS) is 18.7. The van der Waals surface area contributed by atoms with Crippen LogP contribution >= 0.6 is 0 Å². The van der Waals surface area contributed by atoms with Crippen molar-refractivity contribution < 1.29 is 9.47 Å². The van der Waals surface area contributed by atoms with E-state index < -0.39 is 0 Å². The third-order valence-electron chi connectivity index (χ3n) is 2.92. The molecule has 0 amide bonds. The highest BCUT2D eigenvalue weighted by Gasteiger charge is 2.23. The van der Waals surface area contributed by atoms with Gasteiger partial charge in [-0.25, -0.2) is 0 Å². The molecule has 0 saturated heterocycles. The van der Waals surface area contributed by atoms with Crippen molar-refractivity contribution in [2.24, 2.45) is 5.84 Å². The fourth-order valence-corrected chi connectivity index (χ4v) is 2.11. The molecular formula is C11H16N2O2. The molecule has 2 rings (SSSR count). The molecule has 0 spiro atoms. The molecule has 4 heteroatoms. The number of methoxy groups -OCH3 is 2. The summed E-state index contributed by atoms with van der Waals surface area (Å²) < 4.78 is 10.5. The van der Waals surface area contributed by atoms with Crippen molar-refractivity contribution in [3.8, 4) is 11.5 Å². The molecule has 0 heterocycles. The Labute approximate surface area is 89.3 Å². The van der Waals surface area contributed by atoms with E-state index in [9.17, 15) is 0 Å². The minimum Gasteiger partial charge on any atom is -0.493 e. The predicted molar refractivity (Wildman–Crippen MR) is 57.9 cm³/mol. The monoisotopic (exact) mass is 208 g/mol. The van der Waals surface area contributed by atoms with Gasteiger partial charge in [0.05, 0.1) is 14.2 Å². The van der Waals surface area contributed by atoms with Crippen LogP contribution in [0, 0.1) is 0 Å². The largest absolute Gasteiger partial charge is 0.493 e. The van der Waals surface area contributed by atoms with Gasteiger partial charge in [-0.05, 0) is 36.1 Å². The van der Waals surface area contributed by atoms with Gasteiger partial charge < -0.3 is 9.47 Å². The van der Waals surface area contributed by atoms with Gasteiger partial charge in [-0.15, -0.1) is 0 Å². The highest BCUT2D eigenvalue weighted by Crippen LogP contribution is 2.38. The summed E-state index contributed by atoms with van der Waals surface area (Å²) in [6, 6.07) is 4.27. The first-order chi connectivity index (χ1) is 7.30. The Bertz CT molecular complexity index is 366. The van der Waals surface area contributed by atoms with Crippen molar-refractivity contribution >= 4 is 0 Å². The molecule has 15 heavy (non-hydrogen) atoms. The summed E-state index contributed by atoms with van der Waals surface area (Å²) in [5.74, 6) is 7.04. The van der Waals surface area contributed by atoms with Crippen LogP contribution in [-0.4, -0.2) is 14.2 Å². The van der Waals surface area contributed by atoms with Gasteiger partial charge in [0, 0.05) is 6.04 Å². The second kappa shape index (κ2) is 4.08. The maximum atomic E-state index is 5.49. The van der Waals surface area contributed by atoms with Crippen LogP contribution in [0.1, 0.15) is 23.6 Å². The van der Waals surface area contributed by atoms with Crippen molar-refractivity contribution in [1.29, 1.82) is 0 Å². The molecule has 0 aliphatic heterocycles. The van der Waals surface area contributed by atoms with E-state index in [1.165, 1.54) is 11.1 Å². The van der Waals surface area contributed by atoms with Gasteiger partial charge in [0.1, 0.15) is 0 Å². The molecule has 3 N–H and O–H groups in total. The number of hydrazine groups is 1. The standard InChI is InChI=1S/C11H16N2O2/c1-14-10-5-7-3-4-9(13-12)8(7)6-11(10)15-2/h5-6,9,13H,3-4,12H2,1-2H3/t9-/m1/s1. The SMILES string of the molecule is COc1cc2c(cc1OC)[C@H](NN)CC2. The molecule has 0 bridgehead atoms. The lowest BCUT2D eigenvalue weighted by molar-refractivity contribution is 0.354. The quantitative estimate of drug-likeness (QED) is 0.578. The van der Waals surface area contributed by atoms with Gasteiger partial charge >= 0.3 is 0 Å². The summed E-state index contributed by atoms with van der Waals surface area (Å²) in [5, 5.41) is 0. The zero-order valence-electron chi connectivity index (χ0n) is 9.04. The minimum absolute atomic E-state index is 0.236. The van der Waals surface area contributed by atoms with Crippen LogP contribution in [-0.2, 0) is 6.42 Å². The Balaban J connectivity index is 2.44. The van der Waals surface area contributed by atoms with Crippen molar-refractivity contribution in [3.63, 3.8) is 0 Å². The number of nitrogens with two attached hydrogens (primary N) is 1. The Morgan fingerprint density at radius 1 is 1.27 bits per heavy atom. The Kier molecular flexibility index (Phi) is 2.79. The molecule has 1 aromatic rings. The average molecular weight is 208 g/mol. The molecule has 1 atom stereocenters. The lowest BCUT2D eigenvalue weighted by atomic mass is 10.1. The highest BCUT2D eigenvalue weighted by atomic mass is 16.5. The van der Waals surface area contributed by atoms with E-state index in [1.54, 1.807) is 14.2 Å². The number of ether oxygens (including phenoxy) is 2. The van der Waals surface area contributed by atoms with Crippen LogP contribution in [0.25, 0.3) is 0 Å². The zero-order chi connectivity index (χ0) is 10.8. The predicted octanol–water partition coefficient (Wildman–Crippen LogP) is 1.15. The topological polar surface area (TPSA) is 56.5 Å².